The molecule has 1 N–H and O–H groups in total. The highest BCUT2D eigenvalue weighted by Crippen LogP contribution is 2.26. The van der Waals surface area contributed by atoms with Crippen LogP contribution in [-0.2, 0) is 11.3 Å². The first-order valence-corrected chi connectivity index (χ1v) is 9.12. The van der Waals surface area contributed by atoms with Crippen molar-refractivity contribution in [2.45, 2.75) is 26.3 Å². The second-order valence-electron chi connectivity index (χ2n) is 6.31. The largest absolute Gasteiger partial charge is 0.324 e. The highest BCUT2D eigenvalue weighted by molar-refractivity contribution is 7.16. The van der Waals surface area contributed by atoms with Gasteiger partial charge < -0.3 is 5.32 Å². The summed E-state index contributed by atoms with van der Waals surface area (Å²) in [5.41, 5.74) is 0.899. The van der Waals surface area contributed by atoms with Gasteiger partial charge in [0.1, 0.15) is 22.7 Å². The van der Waals surface area contributed by atoms with Gasteiger partial charge in [0.15, 0.2) is 0 Å². The zero-order valence-corrected chi connectivity index (χ0v) is 15.2. The van der Waals surface area contributed by atoms with Crippen LogP contribution in [0.5, 0.6) is 0 Å². The Morgan fingerprint density at radius 3 is 2.77 bits per heavy atom. The maximum Gasteiger partial charge on any atom is 0.291 e. The van der Waals surface area contributed by atoms with Gasteiger partial charge in [0.05, 0.1) is 0 Å². The van der Waals surface area contributed by atoms with Crippen LogP contribution in [0, 0.1) is 0 Å². The lowest BCUT2D eigenvalue weighted by Gasteiger charge is -2.13. The molecule has 0 unspecified atom stereocenters. The van der Waals surface area contributed by atoms with Gasteiger partial charge in [-0.1, -0.05) is 13.8 Å². The number of carbonyl (C=O) groups is 1. The molecule has 1 amide bonds. The minimum absolute atomic E-state index is 0.102. The Kier molecular flexibility index (Phi) is 4.04. The van der Waals surface area contributed by atoms with Crippen LogP contribution < -0.4 is 10.9 Å². The van der Waals surface area contributed by atoms with Gasteiger partial charge >= 0.3 is 0 Å². The predicted molar refractivity (Wildman–Crippen MR) is 102 cm³/mol. The molecule has 0 saturated heterocycles. The third-order valence-electron chi connectivity index (χ3n) is 4.09. The Balaban J connectivity index is 1.76. The average molecular weight is 367 g/mol. The van der Waals surface area contributed by atoms with Crippen molar-refractivity contribution in [1.82, 2.24) is 19.2 Å². The molecule has 0 bridgehead atoms. The number of fused-ring (bicyclic) bond motifs is 3. The summed E-state index contributed by atoms with van der Waals surface area (Å²) in [5, 5.41) is 10.2. The molecule has 0 saturated carbocycles. The number of pyridine rings is 1. The monoisotopic (exact) mass is 367 g/mol. The Morgan fingerprint density at radius 1 is 1.27 bits per heavy atom. The molecule has 4 rings (SSSR count). The lowest BCUT2D eigenvalue weighted by atomic mass is 10.2. The number of hydrogen-bond acceptors (Lipinski definition) is 5. The number of rotatable bonds is 4. The zero-order valence-electron chi connectivity index (χ0n) is 14.3. The molecule has 132 valence electrons. The third-order valence-corrected chi connectivity index (χ3v) is 5.00. The number of hydrogen-bond donors (Lipinski definition) is 1. The second kappa shape index (κ2) is 6.38. The van der Waals surface area contributed by atoms with Gasteiger partial charge in [-0.3, -0.25) is 19.0 Å². The molecular formula is C18H17N5O2S. The van der Waals surface area contributed by atoms with Crippen molar-refractivity contribution in [2.24, 2.45) is 0 Å². The van der Waals surface area contributed by atoms with Crippen LogP contribution >= 0.6 is 11.3 Å². The minimum atomic E-state index is -0.307. The smallest absolute Gasteiger partial charge is 0.291 e. The first-order chi connectivity index (χ1) is 12.5. The van der Waals surface area contributed by atoms with Gasteiger partial charge in [-0.05, 0) is 29.6 Å². The van der Waals surface area contributed by atoms with Gasteiger partial charge in [-0.2, -0.15) is 5.10 Å². The van der Waals surface area contributed by atoms with E-state index in [1.807, 2.05) is 35.8 Å². The Labute approximate surface area is 152 Å². The van der Waals surface area contributed by atoms with E-state index in [1.54, 1.807) is 35.9 Å². The van der Waals surface area contributed by atoms with Crippen LogP contribution in [0.2, 0.25) is 0 Å². The van der Waals surface area contributed by atoms with E-state index in [0.717, 1.165) is 16.0 Å². The topological polar surface area (TPSA) is 81.3 Å². The van der Waals surface area contributed by atoms with Crippen LogP contribution in [0.4, 0.5) is 5.69 Å². The van der Waals surface area contributed by atoms with Gasteiger partial charge in [0.25, 0.3) is 5.56 Å². The fraction of sp³-hybridized carbons (Fsp3) is 0.222. The molecule has 0 aromatic carbocycles. The number of amides is 1. The molecule has 4 heterocycles. The number of aromatic nitrogens is 4. The van der Waals surface area contributed by atoms with Gasteiger partial charge in [0.2, 0.25) is 5.91 Å². The molecule has 0 fully saturated rings. The van der Waals surface area contributed by atoms with Crippen molar-refractivity contribution in [1.29, 1.82) is 0 Å². The molecule has 0 aliphatic heterocycles. The average Bonchev–Trinajstić information content (AvgIpc) is 3.19. The molecule has 0 atom stereocenters. The quantitative estimate of drug-likeness (QED) is 0.601. The molecule has 26 heavy (non-hydrogen) atoms. The number of nitrogens with one attached hydrogen (secondary N) is 1. The lowest BCUT2D eigenvalue weighted by molar-refractivity contribution is -0.117. The number of carbonyl (C=O) groups excluding carboxylic acids is 1. The van der Waals surface area contributed by atoms with Crippen LogP contribution in [0.3, 0.4) is 0 Å². The maximum absolute atomic E-state index is 12.9. The normalized spacial score (nSPS) is 11.5. The van der Waals surface area contributed by atoms with Crippen LogP contribution in [0.1, 0.15) is 25.6 Å². The van der Waals surface area contributed by atoms with E-state index >= 15 is 0 Å². The summed E-state index contributed by atoms with van der Waals surface area (Å²) < 4.78 is 3.15. The van der Waals surface area contributed by atoms with Crippen molar-refractivity contribution < 1.29 is 4.79 Å². The summed E-state index contributed by atoms with van der Waals surface area (Å²) >= 11 is 1.57. The van der Waals surface area contributed by atoms with Crippen molar-refractivity contribution in [3.05, 3.63) is 58.2 Å². The first kappa shape index (κ1) is 16.5. The Hall–Kier alpha value is -3.00. The Morgan fingerprint density at radius 2 is 2.04 bits per heavy atom. The van der Waals surface area contributed by atoms with E-state index in [9.17, 15) is 9.59 Å². The van der Waals surface area contributed by atoms with E-state index in [0.29, 0.717) is 11.2 Å². The van der Waals surface area contributed by atoms with Crippen molar-refractivity contribution >= 4 is 38.7 Å². The van der Waals surface area contributed by atoms with Crippen molar-refractivity contribution in [2.75, 3.05) is 5.32 Å². The maximum atomic E-state index is 12.9. The molecule has 0 spiro atoms. The third kappa shape index (κ3) is 2.78. The van der Waals surface area contributed by atoms with E-state index in [-0.39, 0.29) is 23.9 Å². The van der Waals surface area contributed by atoms with Crippen LogP contribution in [0.15, 0.2) is 46.8 Å². The number of thiophene rings is 1. The molecule has 0 aliphatic carbocycles. The SMILES string of the molecule is CC(C)c1nn(CC(=O)Nc2ccncc2)c(=O)c2cc3ccsc3n12. The summed E-state index contributed by atoms with van der Waals surface area (Å²) in [6.45, 7) is 3.90. The highest BCUT2D eigenvalue weighted by atomic mass is 32.1. The van der Waals surface area contributed by atoms with E-state index in [4.69, 9.17) is 0 Å². The molecule has 0 aliphatic rings. The molecule has 7 nitrogen and oxygen atoms in total. The second-order valence-corrected chi connectivity index (χ2v) is 7.20. The van der Waals surface area contributed by atoms with Crippen molar-refractivity contribution in [3.8, 4) is 0 Å². The molecular weight excluding hydrogens is 350 g/mol. The number of anilines is 1. The van der Waals surface area contributed by atoms with Crippen molar-refractivity contribution in [3.63, 3.8) is 0 Å². The molecule has 0 radical (unpaired) electrons. The fourth-order valence-corrected chi connectivity index (χ4v) is 3.81. The predicted octanol–water partition coefficient (Wildman–Crippen LogP) is 2.87. The highest BCUT2D eigenvalue weighted by Gasteiger charge is 2.18. The summed E-state index contributed by atoms with van der Waals surface area (Å²) in [6, 6.07) is 7.23. The first-order valence-electron chi connectivity index (χ1n) is 8.24. The Bertz CT molecular complexity index is 1160. The lowest BCUT2D eigenvalue weighted by Crippen LogP contribution is -2.32. The summed E-state index contributed by atoms with van der Waals surface area (Å²) in [6.07, 6.45) is 3.19. The molecule has 8 heteroatoms. The molecule has 4 aromatic heterocycles. The fourth-order valence-electron chi connectivity index (χ4n) is 2.91. The van der Waals surface area contributed by atoms with Gasteiger partial charge in [0, 0.05) is 29.4 Å². The number of nitrogens with zero attached hydrogens (tertiary/aromatic N) is 4. The van der Waals surface area contributed by atoms with E-state index < -0.39 is 0 Å². The summed E-state index contributed by atoms with van der Waals surface area (Å²) in [7, 11) is 0. The summed E-state index contributed by atoms with van der Waals surface area (Å²) in [5.74, 6) is 0.553. The zero-order chi connectivity index (χ0) is 18.3. The van der Waals surface area contributed by atoms with Crippen LogP contribution in [-0.4, -0.2) is 25.1 Å². The van der Waals surface area contributed by atoms with Crippen LogP contribution in [0.25, 0.3) is 15.7 Å². The standard InChI is InChI=1S/C18H17N5O2S/c1-11(2)16-21-22(10-15(24)20-13-3-6-19-7-4-13)17(25)14-9-12-5-8-26-18(12)23(14)16/h3-9,11H,10H2,1-2H3,(H,19,20,24). The van der Waals surface area contributed by atoms with Gasteiger partial charge in [-0.25, -0.2) is 4.68 Å². The van der Waals surface area contributed by atoms with E-state index in [1.165, 1.54) is 4.68 Å². The van der Waals surface area contributed by atoms with Gasteiger partial charge in [-0.15, -0.1) is 11.3 Å². The minimum Gasteiger partial charge on any atom is -0.324 e. The molecule has 4 aromatic rings. The van der Waals surface area contributed by atoms with E-state index in [2.05, 4.69) is 15.4 Å². The summed E-state index contributed by atoms with van der Waals surface area (Å²) in [4.78, 5) is 30.1.